The van der Waals surface area contributed by atoms with Crippen LogP contribution in [0.1, 0.15) is 18.4 Å². The van der Waals surface area contributed by atoms with Gasteiger partial charge in [-0.2, -0.15) is 0 Å². The number of pyridine rings is 1. The second-order valence-corrected chi connectivity index (χ2v) is 8.47. The van der Waals surface area contributed by atoms with Gasteiger partial charge in [0.2, 0.25) is 0 Å². The van der Waals surface area contributed by atoms with Gasteiger partial charge in [-0.25, -0.2) is 4.98 Å². The smallest absolute Gasteiger partial charge is 0.147 e. The second kappa shape index (κ2) is 7.78. The van der Waals surface area contributed by atoms with E-state index in [4.69, 9.17) is 0 Å². The first-order valence-electron chi connectivity index (χ1n) is 10.6. The Morgan fingerprint density at radius 1 is 1.07 bits per heavy atom. The fourth-order valence-electron chi connectivity index (χ4n) is 4.04. The maximum Gasteiger partial charge on any atom is 0.147 e. The van der Waals surface area contributed by atoms with Crippen LogP contribution in [-0.4, -0.2) is 63.7 Å². The fourth-order valence-corrected chi connectivity index (χ4v) is 4.04. The minimum atomic E-state index is -0.503. The number of aliphatic hydroxyl groups excluding tert-OH is 1. The van der Waals surface area contributed by atoms with E-state index in [-0.39, 0.29) is 0 Å². The van der Waals surface area contributed by atoms with Crippen LogP contribution < -0.4 is 5.32 Å². The summed E-state index contributed by atoms with van der Waals surface area (Å²) in [5.74, 6) is 1.09. The third-order valence-electron chi connectivity index (χ3n) is 6.11. The molecule has 6 nitrogen and oxygen atoms in total. The van der Waals surface area contributed by atoms with Crippen LogP contribution in [-0.2, 0) is 6.54 Å². The summed E-state index contributed by atoms with van der Waals surface area (Å²) in [6.45, 7) is 5.57. The van der Waals surface area contributed by atoms with E-state index in [9.17, 15) is 5.11 Å². The number of nitrogens with one attached hydrogen (secondary N) is 1. The van der Waals surface area contributed by atoms with Gasteiger partial charge >= 0.3 is 0 Å². The molecule has 1 atom stereocenters. The highest BCUT2D eigenvalue weighted by Gasteiger charge is 2.30. The van der Waals surface area contributed by atoms with Crippen LogP contribution in [0, 0.1) is 5.92 Å². The van der Waals surface area contributed by atoms with Crippen molar-refractivity contribution in [1.82, 2.24) is 19.2 Å². The zero-order chi connectivity index (χ0) is 19.8. The van der Waals surface area contributed by atoms with Gasteiger partial charge in [-0.1, -0.05) is 30.3 Å². The van der Waals surface area contributed by atoms with Crippen LogP contribution in [0.15, 0.2) is 48.7 Å². The first kappa shape index (κ1) is 18.6. The van der Waals surface area contributed by atoms with E-state index in [1.54, 1.807) is 0 Å². The van der Waals surface area contributed by atoms with Crippen molar-refractivity contribution in [3.63, 3.8) is 0 Å². The molecule has 2 N–H and O–H groups in total. The Labute approximate surface area is 171 Å². The van der Waals surface area contributed by atoms with Crippen molar-refractivity contribution >= 4 is 11.5 Å². The molecule has 6 heteroatoms. The Morgan fingerprint density at radius 2 is 1.83 bits per heavy atom. The number of nitrogens with zero attached hydrogens (tertiary/aromatic N) is 4. The number of rotatable bonds is 6. The molecule has 152 valence electrons. The van der Waals surface area contributed by atoms with Gasteiger partial charge in [-0.3, -0.25) is 9.30 Å². The molecule has 0 amide bonds. The number of aliphatic hydroxyl groups is 1. The summed E-state index contributed by atoms with van der Waals surface area (Å²) in [7, 11) is 2.19. The molecule has 1 aliphatic heterocycles. The van der Waals surface area contributed by atoms with E-state index in [1.807, 2.05) is 18.3 Å². The van der Waals surface area contributed by atoms with E-state index < -0.39 is 6.23 Å². The molecule has 1 saturated heterocycles. The molecule has 1 unspecified atom stereocenters. The number of likely N-dealkylation sites (N-methyl/N-ethyl adjacent to an activating group) is 1. The zero-order valence-electron chi connectivity index (χ0n) is 17.0. The average Bonchev–Trinajstić information content (AvgIpc) is 3.50. The minimum Gasteiger partial charge on any atom is -0.373 e. The zero-order valence-corrected chi connectivity index (χ0v) is 17.0. The van der Waals surface area contributed by atoms with Crippen molar-refractivity contribution in [2.24, 2.45) is 5.92 Å². The summed E-state index contributed by atoms with van der Waals surface area (Å²) >= 11 is 0. The van der Waals surface area contributed by atoms with Crippen LogP contribution in [0.5, 0.6) is 0 Å². The summed E-state index contributed by atoms with van der Waals surface area (Å²) in [6.07, 6.45) is 3.66. The molecule has 29 heavy (non-hydrogen) atoms. The predicted octanol–water partition coefficient (Wildman–Crippen LogP) is 2.89. The highest BCUT2D eigenvalue weighted by molar-refractivity contribution is 5.65. The summed E-state index contributed by atoms with van der Waals surface area (Å²) in [6, 6.07) is 15.0. The van der Waals surface area contributed by atoms with Gasteiger partial charge in [0.05, 0.1) is 11.9 Å². The van der Waals surface area contributed by atoms with Crippen molar-refractivity contribution < 1.29 is 5.11 Å². The predicted molar refractivity (Wildman–Crippen MR) is 116 cm³/mol. The Morgan fingerprint density at radius 3 is 2.55 bits per heavy atom. The van der Waals surface area contributed by atoms with Crippen molar-refractivity contribution in [2.45, 2.75) is 25.6 Å². The molecule has 2 aromatic heterocycles. The molecule has 1 aromatic carbocycles. The van der Waals surface area contributed by atoms with Crippen LogP contribution in [0.3, 0.4) is 0 Å². The van der Waals surface area contributed by atoms with Gasteiger partial charge in [-0.15, -0.1) is 0 Å². The number of aromatic nitrogens is 2. The highest BCUT2D eigenvalue weighted by atomic mass is 16.3. The number of hydrogen-bond acceptors (Lipinski definition) is 5. The molecule has 2 fully saturated rings. The monoisotopic (exact) mass is 391 g/mol. The fraction of sp³-hybridized carbons (Fsp3) is 0.435. The molecule has 0 bridgehead atoms. The Balaban J connectivity index is 1.33. The van der Waals surface area contributed by atoms with Gasteiger partial charge < -0.3 is 15.3 Å². The molecule has 1 saturated carbocycles. The number of hydrogen-bond donors (Lipinski definition) is 2. The van der Waals surface area contributed by atoms with Gasteiger partial charge in [0.15, 0.2) is 0 Å². The van der Waals surface area contributed by atoms with Crippen molar-refractivity contribution in [2.75, 3.05) is 38.5 Å². The SMILES string of the molecule is CN1CCN(Cc2ccc(-c3cccc4nc(NC(O)C5CC5)cn34)cc2)CC1. The Bertz CT molecular complexity index is 971. The van der Waals surface area contributed by atoms with Gasteiger partial charge in [-0.05, 0) is 43.1 Å². The molecular weight excluding hydrogens is 362 g/mol. The Hall–Kier alpha value is -2.41. The lowest BCUT2D eigenvalue weighted by Gasteiger charge is -2.32. The largest absolute Gasteiger partial charge is 0.373 e. The molecular formula is C23H29N5O. The van der Waals surface area contributed by atoms with Crippen LogP contribution in [0.4, 0.5) is 5.82 Å². The third-order valence-corrected chi connectivity index (χ3v) is 6.11. The van der Waals surface area contributed by atoms with Gasteiger partial charge in [0.1, 0.15) is 17.7 Å². The van der Waals surface area contributed by atoms with E-state index >= 15 is 0 Å². The lowest BCUT2D eigenvalue weighted by molar-refractivity contribution is 0.148. The number of imidazole rings is 1. The van der Waals surface area contributed by atoms with Gasteiger partial charge in [0.25, 0.3) is 0 Å². The lowest BCUT2D eigenvalue weighted by atomic mass is 10.1. The van der Waals surface area contributed by atoms with E-state index in [0.29, 0.717) is 5.92 Å². The van der Waals surface area contributed by atoms with Crippen LogP contribution >= 0.6 is 0 Å². The summed E-state index contributed by atoms with van der Waals surface area (Å²) in [5.41, 5.74) is 4.51. The summed E-state index contributed by atoms with van der Waals surface area (Å²) < 4.78 is 2.09. The van der Waals surface area contributed by atoms with Crippen LogP contribution in [0.25, 0.3) is 16.9 Å². The van der Waals surface area contributed by atoms with Crippen LogP contribution in [0.2, 0.25) is 0 Å². The third kappa shape index (κ3) is 4.15. The summed E-state index contributed by atoms with van der Waals surface area (Å²) in [5, 5.41) is 13.3. The molecule has 0 radical (unpaired) electrons. The topological polar surface area (TPSA) is 56.0 Å². The first-order chi connectivity index (χ1) is 14.2. The normalized spacial score (nSPS) is 19.5. The maximum absolute atomic E-state index is 10.2. The average molecular weight is 392 g/mol. The minimum absolute atomic E-state index is 0.368. The number of fused-ring (bicyclic) bond motifs is 1. The molecule has 5 rings (SSSR count). The molecule has 1 aliphatic carbocycles. The molecule has 3 aromatic rings. The maximum atomic E-state index is 10.2. The number of piperazine rings is 1. The second-order valence-electron chi connectivity index (χ2n) is 8.47. The number of anilines is 1. The summed E-state index contributed by atoms with van der Waals surface area (Å²) in [4.78, 5) is 9.54. The van der Waals surface area contributed by atoms with Crippen molar-refractivity contribution in [1.29, 1.82) is 0 Å². The van der Waals surface area contributed by atoms with E-state index in [2.05, 4.69) is 61.9 Å². The first-order valence-corrected chi connectivity index (χ1v) is 10.6. The van der Waals surface area contributed by atoms with E-state index in [0.717, 1.165) is 62.7 Å². The van der Waals surface area contributed by atoms with Gasteiger partial charge in [0, 0.05) is 38.6 Å². The van der Waals surface area contributed by atoms with Crippen molar-refractivity contribution in [3.8, 4) is 11.3 Å². The highest BCUT2D eigenvalue weighted by Crippen LogP contribution is 2.33. The Kier molecular flexibility index (Phi) is 4.99. The molecule has 0 spiro atoms. The quantitative estimate of drug-likeness (QED) is 0.633. The molecule has 3 heterocycles. The standard InChI is InChI=1S/C23H29N5O/c1-26-11-13-27(14-12-26)15-17-5-7-18(8-6-17)20-3-2-4-22-24-21(16-28(20)22)25-23(29)19-9-10-19/h2-8,16,19,23,25,29H,9-15H2,1H3. The lowest BCUT2D eigenvalue weighted by Crippen LogP contribution is -2.43. The van der Waals surface area contributed by atoms with Crippen molar-refractivity contribution in [3.05, 3.63) is 54.2 Å². The molecule has 2 aliphatic rings. The number of benzene rings is 1. The van der Waals surface area contributed by atoms with E-state index in [1.165, 1.54) is 11.1 Å².